The van der Waals surface area contributed by atoms with Gasteiger partial charge < -0.3 is 5.11 Å². The van der Waals surface area contributed by atoms with Gasteiger partial charge in [-0.1, -0.05) is 13.8 Å². The van der Waals surface area contributed by atoms with E-state index in [9.17, 15) is 4.79 Å². The average Bonchev–Trinajstić information content (AvgIpc) is 2.16. The highest BCUT2D eigenvalue weighted by Crippen LogP contribution is 2.23. The summed E-state index contributed by atoms with van der Waals surface area (Å²) in [7, 11) is 0. The molecule has 0 unspecified atom stereocenters. The minimum atomic E-state index is -0.851. The molecule has 0 bridgehead atoms. The molecular weight excluding hydrogens is 220 g/mol. The molecule has 88 valence electrons. The van der Waals surface area contributed by atoms with E-state index < -0.39 is 5.97 Å². The Hall–Kier alpha value is -0.960. The van der Waals surface area contributed by atoms with Crippen LogP contribution in [0.1, 0.15) is 36.2 Å². The van der Waals surface area contributed by atoms with Crippen molar-refractivity contribution in [3.05, 3.63) is 29.3 Å². The first-order valence-electron chi connectivity index (χ1n) is 5.47. The van der Waals surface area contributed by atoms with Gasteiger partial charge in [0.15, 0.2) is 0 Å². The molecule has 2 nitrogen and oxygen atoms in total. The topological polar surface area (TPSA) is 37.3 Å². The van der Waals surface area contributed by atoms with Crippen molar-refractivity contribution in [2.75, 3.05) is 5.75 Å². The van der Waals surface area contributed by atoms with Gasteiger partial charge in [-0.05, 0) is 48.8 Å². The van der Waals surface area contributed by atoms with Crippen molar-refractivity contribution in [3.8, 4) is 0 Å². The number of carbonyl (C=O) groups is 1. The summed E-state index contributed by atoms with van der Waals surface area (Å²) in [6, 6.07) is 5.53. The van der Waals surface area contributed by atoms with Crippen LogP contribution in [0.25, 0.3) is 0 Å². The van der Waals surface area contributed by atoms with Gasteiger partial charge in [-0.3, -0.25) is 0 Å². The third-order valence-electron chi connectivity index (χ3n) is 2.39. The lowest BCUT2D eigenvalue weighted by Crippen LogP contribution is -1.99. The molecule has 0 atom stereocenters. The van der Waals surface area contributed by atoms with Crippen molar-refractivity contribution in [1.29, 1.82) is 0 Å². The van der Waals surface area contributed by atoms with Crippen LogP contribution in [0.4, 0.5) is 0 Å². The number of thioether (sulfide) groups is 1. The molecule has 16 heavy (non-hydrogen) atoms. The Morgan fingerprint density at radius 1 is 1.44 bits per heavy atom. The van der Waals surface area contributed by atoms with Crippen LogP contribution in [0.15, 0.2) is 23.1 Å². The van der Waals surface area contributed by atoms with Crippen LogP contribution in [-0.2, 0) is 0 Å². The minimum absolute atomic E-state index is 0.396. The van der Waals surface area contributed by atoms with Crippen molar-refractivity contribution in [2.45, 2.75) is 32.1 Å². The molecule has 3 heteroatoms. The van der Waals surface area contributed by atoms with Crippen LogP contribution in [-0.4, -0.2) is 16.8 Å². The molecule has 1 rings (SSSR count). The fraction of sp³-hybridized carbons (Fsp3) is 0.462. The highest BCUT2D eigenvalue weighted by atomic mass is 32.2. The molecule has 0 aliphatic carbocycles. The van der Waals surface area contributed by atoms with Gasteiger partial charge in [0.2, 0.25) is 0 Å². The van der Waals surface area contributed by atoms with Crippen LogP contribution < -0.4 is 0 Å². The van der Waals surface area contributed by atoms with E-state index in [-0.39, 0.29) is 0 Å². The lowest BCUT2D eigenvalue weighted by Gasteiger charge is -2.06. The predicted octanol–water partition coefficient (Wildman–Crippen LogP) is 3.83. The van der Waals surface area contributed by atoms with Crippen LogP contribution in [0, 0.1) is 12.8 Å². The molecule has 0 saturated heterocycles. The Morgan fingerprint density at radius 3 is 2.62 bits per heavy atom. The van der Waals surface area contributed by atoms with Gasteiger partial charge in [0.25, 0.3) is 0 Å². The molecule has 0 radical (unpaired) electrons. The third kappa shape index (κ3) is 3.89. The average molecular weight is 238 g/mol. The standard InChI is InChI=1S/C13H18O2S/c1-9(2)6-7-16-11-4-5-12(13(14)15)10(3)8-11/h4-5,8-9H,6-7H2,1-3H3,(H,14,15). The molecule has 0 heterocycles. The molecule has 0 amide bonds. The van der Waals surface area contributed by atoms with Gasteiger partial charge in [-0.25, -0.2) is 4.79 Å². The monoisotopic (exact) mass is 238 g/mol. The molecule has 0 aromatic heterocycles. The summed E-state index contributed by atoms with van der Waals surface area (Å²) in [5, 5.41) is 8.90. The Balaban J connectivity index is 2.63. The van der Waals surface area contributed by atoms with E-state index >= 15 is 0 Å². The van der Waals surface area contributed by atoms with E-state index in [1.165, 1.54) is 6.42 Å². The Kier molecular flexibility index (Phi) is 4.87. The van der Waals surface area contributed by atoms with Gasteiger partial charge in [-0.2, -0.15) is 0 Å². The predicted molar refractivity (Wildman–Crippen MR) is 68.3 cm³/mol. The summed E-state index contributed by atoms with van der Waals surface area (Å²) in [5.74, 6) is 0.951. The molecule has 0 fully saturated rings. The van der Waals surface area contributed by atoms with Crippen LogP contribution in [0.5, 0.6) is 0 Å². The van der Waals surface area contributed by atoms with Crippen molar-refractivity contribution >= 4 is 17.7 Å². The molecule has 1 aromatic rings. The second-order valence-electron chi connectivity index (χ2n) is 4.31. The Morgan fingerprint density at radius 2 is 2.12 bits per heavy atom. The fourth-order valence-corrected chi connectivity index (χ4v) is 2.63. The van der Waals surface area contributed by atoms with Crippen LogP contribution in [0.3, 0.4) is 0 Å². The summed E-state index contributed by atoms with van der Waals surface area (Å²) >= 11 is 1.79. The number of carboxylic acids is 1. The smallest absolute Gasteiger partial charge is 0.335 e. The zero-order valence-corrected chi connectivity index (χ0v) is 10.8. The molecule has 0 aliphatic heterocycles. The van der Waals surface area contributed by atoms with E-state index in [4.69, 9.17) is 5.11 Å². The molecular formula is C13H18O2S. The highest BCUT2D eigenvalue weighted by molar-refractivity contribution is 7.99. The Labute approximate surface area is 101 Å². The number of rotatable bonds is 5. The van der Waals surface area contributed by atoms with Crippen LogP contribution >= 0.6 is 11.8 Å². The lowest BCUT2D eigenvalue weighted by atomic mass is 10.1. The maximum absolute atomic E-state index is 10.8. The molecule has 1 N–H and O–H groups in total. The summed E-state index contributed by atoms with van der Waals surface area (Å²) in [4.78, 5) is 12.0. The van der Waals surface area contributed by atoms with Gasteiger partial charge in [0.05, 0.1) is 5.56 Å². The fourth-order valence-electron chi connectivity index (χ4n) is 1.38. The van der Waals surface area contributed by atoms with Gasteiger partial charge in [-0.15, -0.1) is 11.8 Å². The Bertz CT molecular complexity index is 372. The van der Waals surface area contributed by atoms with E-state index in [1.807, 2.05) is 19.1 Å². The largest absolute Gasteiger partial charge is 0.478 e. The number of benzene rings is 1. The van der Waals surface area contributed by atoms with Gasteiger partial charge in [0, 0.05) is 4.90 Å². The number of hydrogen-bond donors (Lipinski definition) is 1. The third-order valence-corrected chi connectivity index (χ3v) is 3.42. The number of aromatic carboxylic acids is 1. The molecule has 0 spiro atoms. The second kappa shape index (κ2) is 5.94. The summed E-state index contributed by atoms with van der Waals surface area (Å²) in [6.45, 7) is 6.26. The van der Waals surface area contributed by atoms with Crippen LogP contribution in [0.2, 0.25) is 0 Å². The first-order valence-corrected chi connectivity index (χ1v) is 6.46. The zero-order valence-electron chi connectivity index (χ0n) is 9.99. The number of aryl methyl sites for hydroxylation is 1. The lowest BCUT2D eigenvalue weighted by molar-refractivity contribution is 0.0696. The van der Waals surface area contributed by atoms with E-state index in [0.717, 1.165) is 16.2 Å². The first-order chi connectivity index (χ1) is 7.50. The SMILES string of the molecule is Cc1cc(SCCC(C)C)ccc1C(=O)O. The zero-order chi connectivity index (χ0) is 12.1. The maximum atomic E-state index is 10.8. The number of hydrogen-bond acceptors (Lipinski definition) is 2. The molecule has 1 aromatic carbocycles. The van der Waals surface area contributed by atoms with Crippen molar-refractivity contribution in [3.63, 3.8) is 0 Å². The number of carboxylic acid groups (broad SMARTS) is 1. The summed E-state index contributed by atoms with van der Waals surface area (Å²) < 4.78 is 0. The quantitative estimate of drug-likeness (QED) is 0.792. The van der Waals surface area contributed by atoms with E-state index in [1.54, 1.807) is 17.8 Å². The van der Waals surface area contributed by atoms with E-state index in [2.05, 4.69) is 13.8 Å². The highest BCUT2D eigenvalue weighted by Gasteiger charge is 2.07. The van der Waals surface area contributed by atoms with Gasteiger partial charge >= 0.3 is 5.97 Å². The molecule has 0 saturated carbocycles. The summed E-state index contributed by atoms with van der Waals surface area (Å²) in [5.41, 5.74) is 1.23. The first kappa shape index (κ1) is 13.1. The maximum Gasteiger partial charge on any atom is 0.335 e. The second-order valence-corrected chi connectivity index (χ2v) is 5.48. The molecule has 0 aliphatic rings. The van der Waals surface area contributed by atoms with Crippen molar-refractivity contribution in [2.24, 2.45) is 5.92 Å². The summed E-state index contributed by atoms with van der Waals surface area (Å²) in [6.07, 6.45) is 1.18. The van der Waals surface area contributed by atoms with Crippen molar-refractivity contribution in [1.82, 2.24) is 0 Å². The normalized spacial score (nSPS) is 10.8. The van der Waals surface area contributed by atoms with Gasteiger partial charge in [0.1, 0.15) is 0 Å². The van der Waals surface area contributed by atoms with Crippen molar-refractivity contribution < 1.29 is 9.90 Å². The van der Waals surface area contributed by atoms with E-state index in [0.29, 0.717) is 11.5 Å². The minimum Gasteiger partial charge on any atom is -0.478 e.